The maximum atomic E-state index is 12.3. The Bertz CT molecular complexity index is 535. The fourth-order valence-corrected chi connectivity index (χ4v) is 3.43. The Labute approximate surface area is 126 Å². The number of ether oxygens (including phenoxy) is 1. The second kappa shape index (κ2) is 7.35. The Morgan fingerprint density at radius 3 is 2.81 bits per heavy atom. The van der Waals surface area contributed by atoms with Crippen molar-refractivity contribution in [3.8, 4) is 0 Å². The van der Waals surface area contributed by atoms with E-state index in [2.05, 4.69) is 29.0 Å². The smallest absolute Gasteiger partial charge is 0.243 e. The molecule has 120 valence electrons. The number of nitrogens with one attached hydrogen (secondary N) is 2. The number of aromatic nitrogens is 2. The van der Waals surface area contributed by atoms with Crippen LogP contribution in [0, 0.1) is 0 Å². The van der Waals surface area contributed by atoms with Crippen molar-refractivity contribution in [2.45, 2.75) is 50.2 Å². The van der Waals surface area contributed by atoms with Crippen molar-refractivity contribution >= 4 is 10.0 Å². The number of hydrogen-bond donors (Lipinski definition) is 2. The summed E-state index contributed by atoms with van der Waals surface area (Å²) in [5.74, 6) is 0. The van der Waals surface area contributed by atoms with Gasteiger partial charge in [0, 0.05) is 38.0 Å². The van der Waals surface area contributed by atoms with E-state index in [0.717, 1.165) is 6.54 Å². The van der Waals surface area contributed by atoms with Gasteiger partial charge in [-0.25, -0.2) is 13.1 Å². The summed E-state index contributed by atoms with van der Waals surface area (Å²) in [6.45, 7) is 6.74. The van der Waals surface area contributed by atoms with Crippen molar-refractivity contribution < 1.29 is 13.2 Å². The summed E-state index contributed by atoms with van der Waals surface area (Å²) in [6, 6.07) is 0.355. The normalized spacial score (nSPS) is 17.5. The van der Waals surface area contributed by atoms with Gasteiger partial charge in [-0.1, -0.05) is 13.8 Å². The van der Waals surface area contributed by atoms with Gasteiger partial charge in [-0.15, -0.1) is 0 Å². The van der Waals surface area contributed by atoms with Crippen LogP contribution in [0.3, 0.4) is 0 Å². The summed E-state index contributed by atoms with van der Waals surface area (Å²) in [6.07, 6.45) is 4.40. The number of rotatable bonds is 7. The first-order valence-electron chi connectivity index (χ1n) is 7.33. The molecule has 0 saturated carbocycles. The van der Waals surface area contributed by atoms with Crippen LogP contribution in [0.4, 0.5) is 0 Å². The molecule has 2 N–H and O–H groups in total. The number of hydrogen-bond acceptors (Lipinski definition) is 5. The molecule has 2 rings (SSSR count). The van der Waals surface area contributed by atoms with E-state index in [1.807, 2.05) is 0 Å². The zero-order valence-corrected chi connectivity index (χ0v) is 13.4. The molecule has 0 atom stereocenters. The Morgan fingerprint density at radius 1 is 1.43 bits per heavy atom. The van der Waals surface area contributed by atoms with Crippen LogP contribution in [0.2, 0.25) is 0 Å². The quantitative estimate of drug-likeness (QED) is 0.757. The molecule has 1 aromatic heterocycles. The molecular weight excluding hydrogens is 292 g/mol. The molecule has 21 heavy (non-hydrogen) atoms. The fraction of sp³-hybridized carbons (Fsp3) is 0.769. The van der Waals surface area contributed by atoms with E-state index in [1.165, 1.54) is 6.20 Å². The van der Waals surface area contributed by atoms with Crippen LogP contribution in [0.5, 0.6) is 0 Å². The molecule has 1 aliphatic rings. The van der Waals surface area contributed by atoms with Gasteiger partial charge in [-0.05, 0) is 12.8 Å². The van der Waals surface area contributed by atoms with Gasteiger partial charge in [0.15, 0.2) is 0 Å². The molecule has 1 aromatic rings. The van der Waals surface area contributed by atoms with Crippen LogP contribution in [-0.2, 0) is 21.3 Å². The van der Waals surface area contributed by atoms with Gasteiger partial charge in [-0.3, -0.25) is 4.68 Å². The third kappa shape index (κ3) is 5.06. The zero-order chi connectivity index (χ0) is 15.3. The van der Waals surface area contributed by atoms with Crippen LogP contribution in [0.25, 0.3) is 0 Å². The minimum absolute atomic E-state index is 0.0466. The van der Waals surface area contributed by atoms with Crippen molar-refractivity contribution in [3.63, 3.8) is 0 Å². The molecule has 0 aromatic carbocycles. The molecule has 0 radical (unpaired) electrons. The van der Waals surface area contributed by atoms with Crippen molar-refractivity contribution in [2.24, 2.45) is 0 Å². The lowest BCUT2D eigenvalue weighted by Crippen LogP contribution is -2.38. The highest BCUT2D eigenvalue weighted by Gasteiger charge is 2.23. The molecule has 0 aliphatic carbocycles. The average molecular weight is 316 g/mol. The highest BCUT2D eigenvalue weighted by atomic mass is 32.2. The van der Waals surface area contributed by atoms with Crippen LogP contribution in [0.1, 0.15) is 26.7 Å². The second-order valence-electron chi connectivity index (χ2n) is 5.56. The second-order valence-corrected chi connectivity index (χ2v) is 7.27. The van der Waals surface area contributed by atoms with Crippen molar-refractivity contribution in [1.82, 2.24) is 19.8 Å². The minimum Gasteiger partial charge on any atom is -0.381 e. The number of sulfonamides is 1. The summed E-state index contributed by atoms with van der Waals surface area (Å²) in [4.78, 5) is 0.221. The highest BCUT2D eigenvalue weighted by Crippen LogP contribution is 2.12. The molecule has 1 aliphatic heterocycles. The van der Waals surface area contributed by atoms with Crippen LogP contribution < -0.4 is 10.0 Å². The summed E-state index contributed by atoms with van der Waals surface area (Å²) in [5.41, 5.74) is 0. The monoisotopic (exact) mass is 316 g/mol. The molecule has 7 nitrogen and oxygen atoms in total. The molecule has 0 spiro atoms. The highest BCUT2D eigenvalue weighted by molar-refractivity contribution is 7.89. The van der Waals surface area contributed by atoms with Crippen molar-refractivity contribution in [2.75, 3.05) is 19.8 Å². The average Bonchev–Trinajstić information content (AvgIpc) is 2.88. The minimum atomic E-state index is -3.49. The third-order valence-electron chi connectivity index (χ3n) is 3.36. The van der Waals surface area contributed by atoms with Crippen molar-refractivity contribution in [3.05, 3.63) is 12.4 Å². The maximum absolute atomic E-state index is 12.3. The molecule has 8 heteroatoms. The first-order chi connectivity index (χ1) is 9.97. The molecule has 1 saturated heterocycles. The van der Waals surface area contributed by atoms with Gasteiger partial charge in [0.2, 0.25) is 10.0 Å². The largest absolute Gasteiger partial charge is 0.381 e. The van der Waals surface area contributed by atoms with E-state index in [4.69, 9.17) is 4.74 Å². The SMILES string of the molecule is CC(C)NCCn1cc(S(=O)(=O)NC2CCOCC2)cn1. The Hall–Kier alpha value is -0.960. The van der Waals surface area contributed by atoms with Gasteiger partial charge >= 0.3 is 0 Å². The van der Waals surface area contributed by atoms with E-state index in [1.54, 1.807) is 10.9 Å². The lowest BCUT2D eigenvalue weighted by atomic mass is 10.1. The lowest BCUT2D eigenvalue weighted by molar-refractivity contribution is 0.0832. The van der Waals surface area contributed by atoms with Gasteiger partial charge in [0.25, 0.3) is 0 Å². The Morgan fingerprint density at radius 2 is 2.14 bits per heavy atom. The first kappa shape index (κ1) is 16.4. The van der Waals surface area contributed by atoms with E-state index in [9.17, 15) is 8.42 Å². The van der Waals surface area contributed by atoms with Crippen LogP contribution in [-0.4, -0.2) is 50.0 Å². The summed E-state index contributed by atoms with van der Waals surface area (Å²) < 4.78 is 34.1. The zero-order valence-electron chi connectivity index (χ0n) is 12.6. The van der Waals surface area contributed by atoms with Gasteiger partial charge in [0.05, 0.1) is 12.7 Å². The standard InChI is InChI=1S/C13H24N4O3S/c1-11(2)14-5-6-17-10-13(9-15-17)21(18,19)16-12-3-7-20-8-4-12/h9-12,14,16H,3-8H2,1-2H3. The Kier molecular flexibility index (Phi) is 5.74. The molecule has 2 heterocycles. The molecule has 1 fully saturated rings. The maximum Gasteiger partial charge on any atom is 0.243 e. The van der Waals surface area contributed by atoms with Crippen molar-refractivity contribution in [1.29, 1.82) is 0 Å². The molecule has 0 bridgehead atoms. The van der Waals surface area contributed by atoms with Gasteiger partial charge in [0.1, 0.15) is 4.90 Å². The third-order valence-corrected chi connectivity index (χ3v) is 4.83. The predicted molar refractivity (Wildman–Crippen MR) is 79.5 cm³/mol. The predicted octanol–water partition coefficient (Wildman–Crippen LogP) is 0.338. The van der Waals surface area contributed by atoms with E-state index < -0.39 is 10.0 Å². The molecule has 0 amide bonds. The lowest BCUT2D eigenvalue weighted by Gasteiger charge is -2.22. The summed E-state index contributed by atoms with van der Waals surface area (Å²) in [5, 5.41) is 7.37. The van der Waals surface area contributed by atoms with Crippen LogP contribution >= 0.6 is 0 Å². The van der Waals surface area contributed by atoms with Crippen LogP contribution in [0.15, 0.2) is 17.3 Å². The first-order valence-corrected chi connectivity index (χ1v) is 8.81. The molecule has 0 unspecified atom stereocenters. The summed E-state index contributed by atoms with van der Waals surface area (Å²) >= 11 is 0. The van der Waals surface area contributed by atoms with E-state index >= 15 is 0 Å². The van der Waals surface area contributed by atoms with E-state index in [-0.39, 0.29) is 10.9 Å². The van der Waals surface area contributed by atoms with Gasteiger partial charge in [-0.2, -0.15) is 5.10 Å². The Balaban J connectivity index is 1.92. The topological polar surface area (TPSA) is 85.2 Å². The van der Waals surface area contributed by atoms with Gasteiger partial charge < -0.3 is 10.1 Å². The molecular formula is C13H24N4O3S. The fourth-order valence-electron chi connectivity index (χ4n) is 2.18. The summed E-state index contributed by atoms with van der Waals surface area (Å²) in [7, 11) is -3.49. The number of nitrogens with zero attached hydrogens (tertiary/aromatic N) is 2. The van der Waals surface area contributed by atoms with E-state index in [0.29, 0.717) is 38.6 Å².